The molecule has 0 N–H and O–H groups in total. The average molecular weight is 266 g/mol. The number of hydrogen-bond donors (Lipinski definition) is 0. The number of rotatable bonds is 4. The molecule has 1 aromatic heterocycles. The lowest BCUT2D eigenvalue weighted by Gasteiger charge is -2.13. The number of aromatic nitrogens is 1. The maximum Gasteiger partial charge on any atom is 0.253 e. The van der Waals surface area contributed by atoms with Crippen molar-refractivity contribution < 1.29 is 9.59 Å². The Morgan fingerprint density at radius 3 is 2.65 bits per heavy atom. The highest BCUT2D eigenvalue weighted by atomic mass is 33.1. The zero-order chi connectivity index (χ0) is 12.3. The third-order valence-corrected chi connectivity index (χ3v) is 3.78. The first kappa shape index (κ1) is 12.2. The van der Waals surface area contributed by atoms with Crippen molar-refractivity contribution in [3.63, 3.8) is 0 Å². The molecule has 1 aliphatic heterocycles. The van der Waals surface area contributed by atoms with Crippen molar-refractivity contribution in [3.8, 4) is 0 Å². The molecular formula is C11H10N2O2S2. The summed E-state index contributed by atoms with van der Waals surface area (Å²) in [7, 11) is 3.15. The Morgan fingerprint density at radius 2 is 2.00 bits per heavy atom. The topological polar surface area (TPSA) is 50.3 Å². The predicted octanol–water partition coefficient (Wildman–Crippen LogP) is 1.88. The van der Waals surface area contributed by atoms with Gasteiger partial charge in [-0.15, -0.1) is 0 Å². The first-order valence-electron chi connectivity index (χ1n) is 4.90. The van der Waals surface area contributed by atoms with E-state index in [0.29, 0.717) is 6.54 Å². The van der Waals surface area contributed by atoms with Crippen LogP contribution >= 0.6 is 21.6 Å². The first-order chi connectivity index (χ1) is 8.20. The summed E-state index contributed by atoms with van der Waals surface area (Å²) in [5, 5.41) is 0.877. The van der Waals surface area contributed by atoms with Crippen LogP contribution in [0.3, 0.4) is 0 Å². The monoisotopic (exact) mass is 266 g/mol. The van der Waals surface area contributed by atoms with Crippen molar-refractivity contribution in [2.45, 2.75) is 11.6 Å². The Hall–Kier alpha value is -1.27. The van der Waals surface area contributed by atoms with Crippen molar-refractivity contribution in [1.29, 1.82) is 0 Å². The van der Waals surface area contributed by atoms with Crippen LogP contribution in [0.2, 0.25) is 0 Å². The minimum absolute atomic E-state index is 0.258. The average Bonchev–Trinajstić information content (AvgIpc) is 2.62. The van der Waals surface area contributed by atoms with Gasteiger partial charge < -0.3 is 0 Å². The normalized spacial score (nSPS) is 14.8. The van der Waals surface area contributed by atoms with Gasteiger partial charge in [0.05, 0.1) is 6.54 Å². The van der Waals surface area contributed by atoms with Crippen molar-refractivity contribution >= 4 is 33.4 Å². The van der Waals surface area contributed by atoms with Crippen LogP contribution in [-0.2, 0) is 16.1 Å². The second kappa shape index (κ2) is 5.37. The summed E-state index contributed by atoms with van der Waals surface area (Å²) in [6.45, 7) is 0.301. The quantitative estimate of drug-likeness (QED) is 0.615. The third-order valence-electron chi connectivity index (χ3n) is 2.21. The number of pyridine rings is 1. The van der Waals surface area contributed by atoms with Crippen molar-refractivity contribution in [2.24, 2.45) is 0 Å². The van der Waals surface area contributed by atoms with Gasteiger partial charge in [-0.3, -0.25) is 14.5 Å². The summed E-state index contributed by atoms with van der Waals surface area (Å²) in [5.74, 6) is -0.517. The van der Waals surface area contributed by atoms with Gasteiger partial charge in [-0.2, -0.15) is 0 Å². The number of nitrogens with zero attached hydrogens (tertiary/aromatic N) is 2. The molecule has 0 saturated carbocycles. The van der Waals surface area contributed by atoms with Gasteiger partial charge in [0, 0.05) is 18.3 Å². The van der Waals surface area contributed by atoms with Crippen LogP contribution in [0, 0.1) is 0 Å². The molecule has 4 nitrogen and oxygen atoms in total. The molecular weight excluding hydrogens is 256 g/mol. The summed E-state index contributed by atoms with van der Waals surface area (Å²) in [6, 6.07) is 3.70. The zero-order valence-corrected chi connectivity index (χ0v) is 10.8. The van der Waals surface area contributed by atoms with Gasteiger partial charge in [0.25, 0.3) is 11.8 Å². The summed E-state index contributed by atoms with van der Waals surface area (Å²) in [4.78, 5) is 28.2. The molecule has 6 heteroatoms. The largest absolute Gasteiger partial charge is 0.271 e. The Bertz CT molecular complexity index is 470. The second-order valence-electron chi connectivity index (χ2n) is 3.35. The van der Waals surface area contributed by atoms with Gasteiger partial charge in [-0.25, -0.2) is 4.98 Å². The second-order valence-corrected chi connectivity index (χ2v) is 5.77. The number of carbonyl (C=O) groups is 2. The highest BCUT2D eigenvalue weighted by Crippen LogP contribution is 2.27. The molecule has 88 valence electrons. The Balaban J connectivity index is 2.11. The minimum atomic E-state index is -0.258. The fourth-order valence-corrected chi connectivity index (χ4v) is 2.71. The van der Waals surface area contributed by atoms with E-state index < -0.39 is 0 Å². The molecule has 0 fully saturated rings. The fourth-order valence-electron chi connectivity index (χ4n) is 1.45. The Kier molecular flexibility index (Phi) is 3.86. The molecule has 0 bridgehead atoms. The molecule has 0 spiro atoms. The van der Waals surface area contributed by atoms with Crippen LogP contribution in [0.1, 0.15) is 5.56 Å². The van der Waals surface area contributed by atoms with E-state index in [1.54, 1.807) is 27.8 Å². The van der Waals surface area contributed by atoms with E-state index in [2.05, 4.69) is 4.98 Å². The van der Waals surface area contributed by atoms with Gasteiger partial charge in [0.1, 0.15) is 5.03 Å². The Morgan fingerprint density at radius 1 is 1.29 bits per heavy atom. The summed E-state index contributed by atoms with van der Waals surface area (Å²) < 4.78 is 0. The lowest BCUT2D eigenvalue weighted by atomic mass is 10.2. The van der Waals surface area contributed by atoms with Crippen LogP contribution in [0.15, 0.2) is 35.5 Å². The molecule has 0 radical (unpaired) electrons. The standard InChI is InChI=1S/C11H10N2O2S2/c1-16-17-9-6-8(4-5-12-9)7-13-10(14)2-3-11(13)15/h2-6H,7H2,1H3. The van der Waals surface area contributed by atoms with E-state index in [0.717, 1.165) is 10.6 Å². The molecule has 2 heterocycles. The van der Waals surface area contributed by atoms with E-state index in [9.17, 15) is 9.59 Å². The smallest absolute Gasteiger partial charge is 0.253 e. The van der Waals surface area contributed by atoms with Crippen LogP contribution in [0.5, 0.6) is 0 Å². The molecule has 1 aliphatic rings. The first-order valence-corrected chi connectivity index (χ1v) is 7.45. The van der Waals surface area contributed by atoms with E-state index in [-0.39, 0.29) is 11.8 Å². The van der Waals surface area contributed by atoms with Gasteiger partial charge in [0.15, 0.2) is 0 Å². The number of hydrogen-bond acceptors (Lipinski definition) is 5. The summed E-state index contributed by atoms with van der Waals surface area (Å²) in [6.07, 6.45) is 6.24. The minimum Gasteiger partial charge on any atom is -0.271 e. The Labute approximate surface area is 107 Å². The molecule has 0 saturated heterocycles. The van der Waals surface area contributed by atoms with E-state index in [4.69, 9.17) is 0 Å². The lowest BCUT2D eigenvalue weighted by Crippen LogP contribution is -2.29. The maximum absolute atomic E-state index is 11.4. The fraction of sp³-hybridized carbons (Fsp3) is 0.182. The lowest BCUT2D eigenvalue weighted by molar-refractivity contribution is -0.137. The van der Waals surface area contributed by atoms with Crippen LogP contribution in [-0.4, -0.2) is 28.0 Å². The van der Waals surface area contributed by atoms with E-state index in [1.165, 1.54) is 17.1 Å². The van der Waals surface area contributed by atoms with E-state index >= 15 is 0 Å². The van der Waals surface area contributed by atoms with Crippen molar-refractivity contribution in [1.82, 2.24) is 9.88 Å². The van der Waals surface area contributed by atoms with Gasteiger partial charge in [-0.1, -0.05) is 10.8 Å². The van der Waals surface area contributed by atoms with Crippen LogP contribution < -0.4 is 0 Å². The molecule has 0 aliphatic carbocycles. The van der Waals surface area contributed by atoms with Gasteiger partial charge >= 0.3 is 0 Å². The van der Waals surface area contributed by atoms with E-state index in [1.807, 2.05) is 18.4 Å². The summed E-state index contributed by atoms with van der Waals surface area (Å²) in [5.41, 5.74) is 0.905. The van der Waals surface area contributed by atoms with Crippen LogP contribution in [0.25, 0.3) is 0 Å². The molecule has 17 heavy (non-hydrogen) atoms. The number of imide groups is 1. The molecule has 0 unspecified atom stereocenters. The zero-order valence-electron chi connectivity index (χ0n) is 9.12. The predicted molar refractivity (Wildman–Crippen MR) is 68.3 cm³/mol. The van der Waals surface area contributed by atoms with Crippen molar-refractivity contribution in [2.75, 3.05) is 6.26 Å². The molecule has 0 atom stereocenters. The van der Waals surface area contributed by atoms with Gasteiger partial charge in [-0.05, 0) is 34.7 Å². The number of amides is 2. The highest BCUT2D eigenvalue weighted by Gasteiger charge is 2.23. The molecule has 2 amide bonds. The number of carbonyl (C=O) groups excluding carboxylic acids is 2. The SMILES string of the molecule is CSSc1cc(CN2C(=O)C=CC2=O)ccn1. The van der Waals surface area contributed by atoms with Crippen molar-refractivity contribution in [3.05, 3.63) is 36.0 Å². The maximum atomic E-state index is 11.4. The third kappa shape index (κ3) is 2.89. The molecule has 0 aromatic carbocycles. The highest BCUT2D eigenvalue weighted by molar-refractivity contribution is 8.76. The molecule has 2 rings (SSSR count). The van der Waals surface area contributed by atoms with Gasteiger partial charge in [0.2, 0.25) is 0 Å². The van der Waals surface area contributed by atoms with Crippen LogP contribution in [0.4, 0.5) is 0 Å². The molecule has 1 aromatic rings. The summed E-state index contributed by atoms with van der Waals surface area (Å²) >= 11 is 0.